The van der Waals surface area contributed by atoms with Gasteiger partial charge in [0, 0.05) is 19.5 Å². The summed E-state index contributed by atoms with van der Waals surface area (Å²) in [5.74, 6) is 0.417. The summed E-state index contributed by atoms with van der Waals surface area (Å²) in [7, 11) is 3.00. The van der Waals surface area contributed by atoms with E-state index in [0.29, 0.717) is 25.9 Å². The van der Waals surface area contributed by atoms with Crippen LogP contribution in [0.5, 0.6) is 5.75 Å². The quantitative estimate of drug-likeness (QED) is 0.785. The highest BCUT2D eigenvalue weighted by atomic mass is 16.5. The van der Waals surface area contributed by atoms with Crippen LogP contribution in [0.1, 0.15) is 18.4 Å². The number of likely N-dealkylation sites (tertiary alicyclic amines) is 1. The molecule has 108 valence electrons. The van der Waals surface area contributed by atoms with Crippen molar-refractivity contribution in [3.63, 3.8) is 0 Å². The molecule has 0 aliphatic carbocycles. The Morgan fingerprint density at radius 2 is 2.00 bits per heavy atom. The minimum absolute atomic E-state index is 0.0842. The van der Waals surface area contributed by atoms with Crippen LogP contribution in [0.25, 0.3) is 0 Å². The summed E-state index contributed by atoms with van der Waals surface area (Å²) in [5, 5.41) is 0. The summed E-state index contributed by atoms with van der Waals surface area (Å²) < 4.78 is 9.86. The molecular weight excluding hydrogens is 258 g/mol. The maximum Gasteiger partial charge on any atom is 0.310 e. The van der Waals surface area contributed by atoms with Crippen molar-refractivity contribution < 1.29 is 19.1 Å². The predicted molar refractivity (Wildman–Crippen MR) is 73.2 cm³/mol. The van der Waals surface area contributed by atoms with Crippen LogP contribution in [-0.4, -0.2) is 37.5 Å². The predicted octanol–water partition coefficient (Wildman–Crippen LogP) is 1.61. The fourth-order valence-corrected chi connectivity index (χ4v) is 2.38. The number of benzene rings is 1. The van der Waals surface area contributed by atoms with Gasteiger partial charge in [0.25, 0.3) is 0 Å². The molecule has 5 nitrogen and oxygen atoms in total. The lowest BCUT2D eigenvalue weighted by Gasteiger charge is -2.31. The maximum atomic E-state index is 11.9. The normalized spacial score (nSPS) is 18.8. The Labute approximate surface area is 118 Å². The third kappa shape index (κ3) is 3.29. The Balaban J connectivity index is 2.02. The van der Waals surface area contributed by atoms with E-state index in [9.17, 15) is 9.59 Å². The van der Waals surface area contributed by atoms with Gasteiger partial charge >= 0.3 is 5.97 Å². The summed E-state index contributed by atoms with van der Waals surface area (Å²) in [4.78, 5) is 25.2. The monoisotopic (exact) mass is 277 g/mol. The van der Waals surface area contributed by atoms with Crippen LogP contribution in [0, 0.1) is 5.92 Å². The molecule has 2 rings (SSSR count). The Kier molecular flexibility index (Phi) is 4.61. The van der Waals surface area contributed by atoms with E-state index in [-0.39, 0.29) is 17.8 Å². The fourth-order valence-electron chi connectivity index (χ4n) is 2.38. The first-order valence-electron chi connectivity index (χ1n) is 6.62. The number of nitrogens with zero attached hydrogens (tertiary/aromatic N) is 1. The van der Waals surface area contributed by atoms with E-state index in [1.807, 2.05) is 24.3 Å². The fraction of sp³-hybridized carbons (Fsp3) is 0.467. The van der Waals surface area contributed by atoms with Gasteiger partial charge in [0.15, 0.2) is 0 Å². The van der Waals surface area contributed by atoms with Gasteiger partial charge in [-0.25, -0.2) is 0 Å². The van der Waals surface area contributed by atoms with Crippen molar-refractivity contribution >= 4 is 11.9 Å². The van der Waals surface area contributed by atoms with Crippen LogP contribution in [0.4, 0.5) is 0 Å². The van der Waals surface area contributed by atoms with E-state index >= 15 is 0 Å². The molecule has 1 atom stereocenters. The lowest BCUT2D eigenvalue weighted by molar-refractivity contribution is -0.150. The van der Waals surface area contributed by atoms with Gasteiger partial charge in [-0.2, -0.15) is 0 Å². The largest absolute Gasteiger partial charge is 0.497 e. The van der Waals surface area contributed by atoms with Crippen molar-refractivity contribution in [2.75, 3.05) is 20.8 Å². The summed E-state index contributed by atoms with van der Waals surface area (Å²) in [6.07, 6.45) is 0.973. The van der Waals surface area contributed by atoms with Crippen molar-refractivity contribution in [3.8, 4) is 5.75 Å². The zero-order valence-electron chi connectivity index (χ0n) is 11.8. The highest BCUT2D eigenvalue weighted by Crippen LogP contribution is 2.21. The number of rotatable bonds is 4. The minimum atomic E-state index is -0.239. The number of piperidine rings is 1. The standard InChI is InChI=1S/C15H19NO4/c1-19-13-6-3-11(4-7-13)9-16-10-12(15(18)20-2)5-8-14(16)17/h3-4,6-7,12H,5,8-10H2,1-2H3/t12-/m1/s1. The Hall–Kier alpha value is -2.04. The average Bonchev–Trinajstić information content (AvgIpc) is 2.49. The summed E-state index contributed by atoms with van der Waals surface area (Å²) in [6.45, 7) is 0.938. The third-order valence-electron chi connectivity index (χ3n) is 3.57. The van der Waals surface area contributed by atoms with Gasteiger partial charge in [-0.1, -0.05) is 12.1 Å². The van der Waals surface area contributed by atoms with Gasteiger partial charge in [0.05, 0.1) is 20.1 Å². The van der Waals surface area contributed by atoms with E-state index in [0.717, 1.165) is 11.3 Å². The minimum Gasteiger partial charge on any atom is -0.497 e. The van der Waals surface area contributed by atoms with E-state index in [4.69, 9.17) is 9.47 Å². The van der Waals surface area contributed by atoms with Gasteiger partial charge in [0.1, 0.15) is 5.75 Å². The van der Waals surface area contributed by atoms with E-state index < -0.39 is 0 Å². The van der Waals surface area contributed by atoms with E-state index in [2.05, 4.69) is 0 Å². The van der Waals surface area contributed by atoms with Crippen LogP contribution in [0.2, 0.25) is 0 Å². The maximum absolute atomic E-state index is 11.9. The molecule has 1 aromatic carbocycles. The molecule has 0 bridgehead atoms. The number of carbonyl (C=O) groups excluding carboxylic acids is 2. The average molecular weight is 277 g/mol. The summed E-state index contributed by atoms with van der Waals surface area (Å²) in [5.41, 5.74) is 1.02. The van der Waals surface area contributed by atoms with Crippen LogP contribution in [-0.2, 0) is 20.9 Å². The Morgan fingerprint density at radius 1 is 1.30 bits per heavy atom. The molecule has 1 fully saturated rings. The van der Waals surface area contributed by atoms with E-state index in [1.165, 1.54) is 7.11 Å². The van der Waals surface area contributed by atoms with Crippen molar-refractivity contribution in [1.29, 1.82) is 0 Å². The van der Waals surface area contributed by atoms with Crippen molar-refractivity contribution in [2.24, 2.45) is 5.92 Å². The molecule has 1 heterocycles. The number of hydrogen-bond donors (Lipinski definition) is 0. The molecule has 0 spiro atoms. The first-order chi connectivity index (χ1) is 9.63. The SMILES string of the molecule is COC(=O)[C@@H]1CCC(=O)N(Cc2ccc(OC)cc2)C1. The zero-order chi connectivity index (χ0) is 14.5. The topological polar surface area (TPSA) is 55.8 Å². The zero-order valence-corrected chi connectivity index (χ0v) is 11.8. The molecule has 1 aliphatic heterocycles. The molecular formula is C15H19NO4. The first kappa shape index (κ1) is 14.4. The Bertz CT molecular complexity index is 483. The van der Waals surface area contributed by atoms with Gasteiger partial charge in [-0.3, -0.25) is 9.59 Å². The summed E-state index contributed by atoms with van der Waals surface area (Å²) in [6, 6.07) is 7.57. The Morgan fingerprint density at radius 3 is 2.60 bits per heavy atom. The van der Waals surface area contributed by atoms with Crippen molar-refractivity contribution in [3.05, 3.63) is 29.8 Å². The van der Waals surface area contributed by atoms with Crippen LogP contribution < -0.4 is 4.74 Å². The number of carbonyl (C=O) groups is 2. The second-order valence-electron chi connectivity index (χ2n) is 4.88. The molecule has 0 saturated carbocycles. The third-order valence-corrected chi connectivity index (χ3v) is 3.57. The molecule has 0 N–H and O–H groups in total. The molecule has 1 amide bonds. The van der Waals surface area contributed by atoms with Crippen molar-refractivity contribution in [1.82, 2.24) is 4.90 Å². The van der Waals surface area contributed by atoms with Crippen LogP contribution >= 0.6 is 0 Å². The highest BCUT2D eigenvalue weighted by molar-refractivity contribution is 5.81. The lowest BCUT2D eigenvalue weighted by Crippen LogP contribution is -2.42. The van der Waals surface area contributed by atoms with E-state index in [1.54, 1.807) is 12.0 Å². The number of esters is 1. The number of methoxy groups -OCH3 is 2. The second kappa shape index (κ2) is 6.41. The smallest absolute Gasteiger partial charge is 0.310 e. The van der Waals surface area contributed by atoms with Crippen LogP contribution in [0.3, 0.4) is 0 Å². The first-order valence-corrected chi connectivity index (χ1v) is 6.62. The molecule has 20 heavy (non-hydrogen) atoms. The highest BCUT2D eigenvalue weighted by Gasteiger charge is 2.30. The van der Waals surface area contributed by atoms with Gasteiger partial charge < -0.3 is 14.4 Å². The molecule has 1 aliphatic rings. The van der Waals surface area contributed by atoms with Crippen molar-refractivity contribution in [2.45, 2.75) is 19.4 Å². The molecule has 0 aromatic heterocycles. The number of ether oxygens (including phenoxy) is 2. The summed E-state index contributed by atoms with van der Waals surface area (Å²) >= 11 is 0. The molecule has 0 unspecified atom stereocenters. The van der Waals surface area contributed by atoms with Crippen LogP contribution in [0.15, 0.2) is 24.3 Å². The number of hydrogen-bond acceptors (Lipinski definition) is 4. The molecule has 5 heteroatoms. The van der Waals surface area contributed by atoms with Gasteiger partial charge in [-0.05, 0) is 24.1 Å². The molecule has 1 aromatic rings. The second-order valence-corrected chi connectivity index (χ2v) is 4.88. The van der Waals surface area contributed by atoms with Gasteiger partial charge in [0.2, 0.25) is 5.91 Å². The molecule has 0 radical (unpaired) electrons. The molecule has 1 saturated heterocycles. The van der Waals surface area contributed by atoms with Gasteiger partial charge in [-0.15, -0.1) is 0 Å². The lowest BCUT2D eigenvalue weighted by atomic mass is 9.97. The number of amides is 1.